The van der Waals surface area contributed by atoms with Crippen molar-refractivity contribution in [2.45, 2.75) is 45.1 Å². The van der Waals surface area contributed by atoms with E-state index in [1.54, 1.807) is 0 Å². The molecule has 0 aliphatic carbocycles. The van der Waals surface area contributed by atoms with Gasteiger partial charge in [-0.25, -0.2) is 0 Å². The van der Waals surface area contributed by atoms with Crippen LogP contribution in [0.1, 0.15) is 39.0 Å². The quantitative estimate of drug-likeness (QED) is 0.817. The van der Waals surface area contributed by atoms with Gasteiger partial charge in [0.1, 0.15) is 0 Å². The van der Waals surface area contributed by atoms with Crippen molar-refractivity contribution in [3.8, 4) is 0 Å². The second-order valence-corrected chi connectivity index (χ2v) is 5.84. The zero-order valence-corrected chi connectivity index (χ0v) is 11.5. The molecule has 104 valence electrons. The summed E-state index contributed by atoms with van der Waals surface area (Å²) in [5, 5.41) is 9.03. The fourth-order valence-corrected chi connectivity index (χ4v) is 3.11. The lowest BCUT2D eigenvalue weighted by Crippen LogP contribution is -2.45. The third-order valence-corrected chi connectivity index (χ3v) is 4.44. The van der Waals surface area contributed by atoms with Crippen LogP contribution in [0, 0.1) is 5.92 Å². The number of carbonyl (C=O) groups excluding carboxylic acids is 1. The Hall–Kier alpha value is -0.610. The predicted octanol–water partition coefficient (Wildman–Crippen LogP) is 1.09. The Kier molecular flexibility index (Phi) is 5.01. The molecule has 0 aromatic heterocycles. The van der Waals surface area contributed by atoms with E-state index in [9.17, 15) is 4.79 Å². The van der Waals surface area contributed by atoms with Crippen molar-refractivity contribution < 1.29 is 9.90 Å². The van der Waals surface area contributed by atoms with E-state index in [-0.39, 0.29) is 12.5 Å². The molecule has 2 aliphatic rings. The summed E-state index contributed by atoms with van der Waals surface area (Å²) in [7, 11) is 0. The molecular weight excluding hydrogens is 228 g/mol. The van der Waals surface area contributed by atoms with Crippen molar-refractivity contribution in [3.63, 3.8) is 0 Å². The van der Waals surface area contributed by atoms with E-state index in [0.717, 1.165) is 57.7 Å². The second-order valence-electron chi connectivity index (χ2n) is 5.84. The minimum Gasteiger partial charge on any atom is -0.396 e. The number of aliphatic hydroxyl groups is 1. The van der Waals surface area contributed by atoms with E-state index < -0.39 is 0 Å². The minimum atomic E-state index is 0.233. The van der Waals surface area contributed by atoms with Crippen LogP contribution in [0.5, 0.6) is 0 Å². The average molecular weight is 254 g/mol. The first-order chi connectivity index (χ1) is 8.70. The molecule has 1 amide bonds. The van der Waals surface area contributed by atoms with E-state index in [1.807, 2.05) is 4.90 Å². The summed E-state index contributed by atoms with van der Waals surface area (Å²) >= 11 is 0. The molecule has 0 bridgehead atoms. The molecule has 2 saturated heterocycles. The highest BCUT2D eigenvalue weighted by molar-refractivity contribution is 5.78. The van der Waals surface area contributed by atoms with Crippen molar-refractivity contribution in [2.75, 3.05) is 32.8 Å². The molecule has 1 unspecified atom stereocenters. The van der Waals surface area contributed by atoms with Gasteiger partial charge in [0.15, 0.2) is 0 Å². The maximum absolute atomic E-state index is 12.2. The molecule has 2 rings (SSSR count). The third kappa shape index (κ3) is 3.45. The summed E-state index contributed by atoms with van der Waals surface area (Å²) in [5.41, 5.74) is 0. The van der Waals surface area contributed by atoms with E-state index in [0.29, 0.717) is 12.6 Å². The highest BCUT2D eigenvalue weighted by Crippen LogP contribution is 2.21. The Balaban J connectivity index is 1.79. The van der Waals surface area contributed by atoms with Crippen LogP contribution >= 0.6 is 0 Å². The Morgan fingerprint density at radius 3 is 2.61 bits per heavy atom. The van der Waals surface area contributed by atoms with Gasteiger partial charge in [0, 0.05) is 25.7 Å². The van der Waals surface area contributed by atoms with Crippen LogP contribution < -0.4 is 0 Å². The molecule has 2 aliphatic heterocycles. The van der Waals surface area contributed by atoms with Gasteiger partial charge in [-0.1, -0.05) is 6.92 Å². The zero-order chi connectivity index (χ0) is 13.0. The fraction of sp³-hybridized carbons (Fsp3) is 0.929. The van der Waals surface area contributed by atoms with Gasteiger partial charge in [-0.15, -0.1) is 0 Å². The number of amides is 1. The van der Waals surface area contributed by atoms with Crippen LogP contribution in [0.2, 0.25) is 0 Å². The summed E-state index contributed by atoms with van der Waals surface area (Å²) in [6.07, 6.45) is 5.39. The van der Waals surface area contributed by atoms with Crippen molar-refractivity contribution in [1.82, 2.24) is 9.80 Å². The highest BCUT2D eigenvalue weighted by Gasteiger charge is 2.28. The normalized spacial score (nSPS) is 26.8. The standard InChI is InChI=1S/C14H26N2O2/c1-12-4-8-15(9-5-12)14(18)11-16-7-2-3-13(16)6-10-17/h12-13,17H,2-11H2,1H3. The summed E-state index contributed by atoms with van der Waals surface area (Å²) in [6, 6.07) is 0.419. The molecule has 2 heterocycles. The van der Waals surface area contributed by atoms with Gasteiger partial charge >= 0.3 is 0 Å². The molecule has 0 radical (unpaired) electrons. The van der Waals surface area contributed by atoms with E-state index >= 15 is 0 Å². The molecule has 4 nitrogen and oxygen atoms in total. The monoisotopic (exact) mass is 254 g/mol. The summed E-state index contributed by atoms with van der Waals surface area (Å²) < 4.78 is 0. The number of nitrogens with zero attached hydrogens (tertiary/aromatic N) is 2. The van der Waals surface area contributed by atoms with Crippen LogP contribution in [0.25, 0.3) is 0 Å². The predicted molar refractivity (Wildman–Crippen MR) is 71.3 cm³/mol. The molecule has 0 aromatic rings. The summed E-state index contributed by atoms with van der Waals surface area (Å²) in [6.45, 7) is 5.92. The average Bonchev–Trinajstić information content (AvgIpc) is 2.78. The van der Waals surface area contributed by atoms with E-state index in [1.165, 1.54) is 0 Å². The first kappa shape index (κ1) is 13.8. The molecule has 0 aromatic carbocycles. The molecule has 1 N–H and O–H groups in total. The van der Waals surface area contributed by atoms with Gasteiger partial charge in [-0.2, -0.15) is 0 Å². The van der Waals surface area contributed by atoms with Crippen LogP contribution in [-0.4, -0.2) is 59.6 Å². The van der Waals surface area contributed by atoms with Gasteiger partial charge < -0.3 is 10.0 Å². The highest BCUT2D eigenvalue weighted by atomic mass is 16.3. The zero-order valence-electron chi connectivity index (χ0n) is 11.5. The largest absolute Gasteiger partial charge is 0.396 e. The van der Waals surface area contributed by atoms with Gasteiger partial charge in [0.25, 0.3) is 0 Å². The molecule has 0 saturated carbocycles. The van der Waals surface area contributed by atoms with Crippen molar-refractivity contribution in [3.05, 3.63) is 0 Å². The lowest BCUT2D eigenvalue weighted by atomic mass is 9.99. The van der Waals surface area contributed by atoms with E-state index in [4.69, 9.17) is 5.11 Å². The molecule has 2 fully saturated rings. The second kappa shape index (κ2) is 6.53. The number of rotatable bonds is 4. The number of hydrogen-bond acceptors (Lipinski definition) is 3. The summed E-state index contributed by atoms with van der Waals surface area (Å²) in [5.74, 6) is 1.05. The van der Waals surface area contributed by atoms with Crippen LogP contribution in [0.4, 0.5) is 0 Å². The molecule has 18 heavy (non-hydrogen) atoms. The first-order valence-electron chi connectivity index (χ1n) is 7.33. The minimum absolute atomic E-state index is 0.233. The Morgan fingerprint density at radius 1 is 1.22 bits per heavy atom. The van der Waals surface area contributed by atoms with Crippen molar-refractivity contribution >= 4 is 5.91 Å². The van der Waals surface area contributed by atoms with E-state index in [2.05, 4.69) is 11.8 Å². The Morgan fingerprint density at radius 2 is 1.94 bits per heavy atom. The van der Waals surface area contributed by atoms with Crippen LogP contribution in [-0.2, 0) is 4.79 Å². The Labute approximate surface area is 110 Å². The molecule has 0 spiro atoms. The SMILES string of the molecule is CC1CCN(C(=O)CN2CCCC2CCO)CC1. The van der Waals surface area contributed by atoms with Crippen LogP contribution in [0.15, 0.2) is 0 Å². The molecule has 1 atom stereocenters. The molecule has 4 heteroatoms. The Bertz CT molecular complexity index is 275. The first-order valence-corrected chi connectivity index (χ1v) is 7.33. The number of piperidine rings is 1. The maximum atomic E-state index is 12.2. The number of likely N-dealkylation sites (tertiary alicyclic amines) is 2. The third-order valence-electron chi connectivity index (χ3n) is 4.44. The smallest absolute Gasteiger partial charge is 0.236 e. The number of aliphatic hydroxyl groups excluding tert-OH is 1. The topological polar surface area (TPSA) is 43.8 Å². The fourth-order valence-electron chi connectivity index (χ4n) is 3.11. The van der Waals surface area contributed by atoms with Gasteiger partial charge in [0.2, 0.25) is 5.91 Å². The number of carbonyl (C=O) groups is 1. The lowest BCUT2D eigenvalue weighted by Gasteiger charge is -2.32. The number of hydrogen-bond donors (Lipinski definition) is 1. The van der Waals surface area contributed by atoms with Gasteiger partial charge in [-0.05, 0) is 44.6 Å². The lowest BCUT2D eigenvalue weighted by molar-refractivity contribution is -0.134. The van der Waals surface area contributed by atoms with Crippen molar-refractivity contribution in [2.24, 2.45) is 5.92 Å². The van der Waals surface area contributed by atoms with Crippen LogP contribution in [0.3, 0.4) is 0 Å². The summed E-state index contributed by atoms with van der Waals surface area (Å²) in [4.78, 5) is 16.5. The maximum Gasteiger partial charge on any atom is 0.236 e. The van der Waals surface area contributed by atoms with Gasteiger partial charge in [-0.3, -0.25) is 9.69 Å². The van der Waals surface area contributed by atoms with Gasteiger partial charge in [0.05, 0.1) is 6.54 Å². The van der Waals surface area contributed by atoms with Crippen molar-refractivity contribution in [1.29, 1.82) is 0 Å². The molecular formula is C14H26N2O2.